The molecule has 0 radical (unpaired) electrons. The maximum absolute atomic E-state index is 12.7. The number of carbonyl (C=O) groups excluding carboxylic acids is 3. The van der Waals surface area contributed by atoms with Crippen molar-refractivity contribution < 1.29 is 28.6 Å². The van der Waals surface area contributed by atoms with Gasteiger partial charge in [0.1, 0.15) is 13.2 Å². The third-order valence-corrected chi connectivity index (χ3v) is 10.2. The zero-order chi connectivity index (χ0) is 43.7. The van der Waals surface area contributed by atoms with E-state index in [1.807, 2.05) is 0 Å². The Morgan fingerprint density at radius 2 is 0.717 bits per heavy atom. The van der Waals surface area contributed by atoms with Gasteiger partial charge >= 0.3 is 17.9 Å². The number of unbranched alkanes of at least 4 members (excludes halogenated alkanes) is 21. The molecule has 60 heavy (non-hydrogen) atoms. The van der Waals surface area contributed by atoms with Gasteiger partial charge in [0.05, 0.1) is 0 Å². The monoisotopic (exact) mass is 835 g/mol. The highest BCUT2D eigenvalue weighted by molar-refractivity contribution is 5.71. The van der Waals surface area contributed by atoms with Crippen LogP contribution in [-0.4, -0.2) is 37.2 Å². The molecule has 6 heteroatoms. The van der Waals surface area contributed by atoms with Crippen molar-refractivity contribution >= 4 is 17.9 Å². The van der Waals surface area contributed by atoms with Crippen LogP contribution in [0.3, 0.4) is 0 Å². The molecule has 0 N–H and O–H groups in total. The van der Waals surface area contributed by atoms with Crippen molar-refractivity contribution in [3.63, 3.8) is 0 Å². The molecular formula is C54H90O6. The van der Waals surface area contributed by atoms with Crippen molar-refractivity contribution in [3.05, 3.63) is 85.1 Å². The van der Waals surface area contributed by atoms with Crippen molar-refractivity contribution in [3.8, 4) is 0 Å². The van der Waals surface area contributed by atoms with Gasteiger partial charge in [0, 0.05) is 19.3 Å². The quantitative estimate of drug-likeness (QED) is 0.0200. The molecule has 0 saturated carbocycles. The van der Waals surface area contributed by atoms with Crippen LogP contribution in [-0.2, 0) is 28.6 Å². The number of ether oxygens (including phenoxy) is 3. The minimum atomic E-state index is -0.803. The summed E-state index contributed by atoms with van der Waals surface area (Å²) in [5.41, 5.74) is 0. The first-order chi connectivity index (χ1) is 29.5. The SMILES string of the molecule is CC/C=C\C/C=C\C/C=C\CCCCC(=O)OC(COC(=O)CCCCCCC\C=C/C=C\C=C/C=C\CCCCC)COC(=O)CCCCCCCCCCCCCC. The summed E-state index contributed by atoms with van der Waals surface area (Å²) in [5.74, 6) is -0.966. The molecule has 0 heterocycles. The summed E-state index contributed by atoms with van der Waals surface area (Å²) in [6.07, 6.45) is 61.3. The third kappa shape index (κ3) is 45.7. The fraction of sp³-hybridized carbons (Fsp3) is 0.685. The number of carbonyl (C=O) groups is 3. The van der Waals surface area contributed by atoms with Crippen LogP contribution in [0.15, 0.2) is 85.1 Å². The van der Waals surface area contributed by atoms with Gasteiger partial charge in [0.2, 0.25) is 0 Å². The molecule has 0 rings (SSSR count). The van der Waals surface area contributed by atoms with Crippen LogP contribution in [0.4, 0.5) is 0 Å². The van der Waals surface area contributed by atoms with Crippen LogP contribution in [0.2, 0.25) is 0 Å². The Bertz CT molecular complexity index is 1190. The first-order valence-corrected chi connectivity index (χ1v) is 24.6. The molecule has 0 aliphatic rings. The van der Waals surface area contributed by atoms with Crippen molar-refractivity contribution in [2.24, 2.45) is 0 Å². The molecule has 0 amide bonds. The minimum Gasteiger partial charge on any atom is -0.462 e. The van der Waals surface area contributed by atoms with E-state index in [2.05, 4.69) is 106 Å². The van der Waals surface area contributed by atoms with E-state index >= 15 is 0 Å². The van der Waals surface area contributed by atoms with Gasteiger partial charge in [-0.05, 0) is 77.0 Å². The van der Waals surface area contributed by atoms with E-state index in [-0.39, 0.29) is 37.5 Å². The fourth-order valence-electron chi connectivity index (χ4n) is 6.53. The molecule has 1 atom stereocenters. The van der Waals surface area contributed by atoms with Crippen molar-refractivity contribution in [1.82, 2.24) is 0 Å². The van der Waals surface area contributed by atoms with Gasteiger partial charge in [-0.3, -0.25) is 14.4 Å². The van der Waals surface area contributed by atoms with Crippen LogP contribution in [0.25, 0.3) is 0 Å². The molecule has 342 valence electrons. The lowest BCUT2D eigenvalue weighted by molar-refractivity contribution is -0.167. The van der Waals surface area contributed by atoms with Crippen molar-refractivity contribution in [2.45, 2.75) is 226 Å². The molecule has 0 aliphatic heterocycles. The maximum Gasteiger partial charge on any atom is 0.306 e. The third-order valence-electron chi connectivity index (χ3n) is 10.2. The number of allylic oxidation sites excluding steroid dienone is 14. The molecule has 0 bridgehead atoms. The molecular weight excluding hydrogens is 745 g/mol. The van der Waals surface area contributed by atoms with E-state index in [1.165, 1.54) is 77.0 Å². The number of hydrogen-bond acceptors (Lipinski definition) is 6. The highest BCUT2D eigenvalue weighted by Crippen LogP contribution is 2.14. The first-order valence-electron chi connectivity index (χ1n) is 24.6. The van der Waals surface area contributed by atoms with Gasteiger partial charge in [0.25, 0.3) is 0 Å². The average Bonchev–Trinajstić information content (AvgIpc) is 3.24. The Hall–Kier alpha value is -3.41. The van der Waals surface area contributed by atoms with E-state index in [1.54, 1.807) is 0 Å². The van der Waals surface area contributed by atoms with Gasteiger partial charge in [-0.2, -0.15) is 0 Å². The highest BCUT2D eigenvalue weighted by Gasteiger charge is 2.19. The lowest BCUT2D eigenvalue weighted by Gasteiger charge is -2.18. The Labute approximate surface area is 369 Å². The number of rotatable bonds is 43. The van der Waals surface area contributed by atoms with Crippen molar-refractivity contribution in [2.75, 3.05) is 13.2 Å². The summed E-state index contributed by atoms with van der Waals surface area (Å²) in [4.78, 5) is 37.8. The second-order valence-electron chi connectivity index (χ2n) is 16.1. The van der Waals surface area contributed by atoms with Crippen LogP contribution in [0, 0.1) is 0 Å². The number of hydrogen-bond donors (Lipinski definition) is 0. The summed E-state index contributed by atoms with van der Waals surface area (Å²) in [7, 11) is 0. The van der Waals surface area contributed by atoms with Crippen molar-refractivity contribution in [1.29, 1.82) is 0 Å². The molecule has 0 saturated heterocycles. The Balaban J connectivity index is 4.46. The Morgan fingerprint density at radius 3 is 1.23 bits per heavy atom. The molecule has 0 aromatic rings. The summed E-state index contributed by atoms with van der Waals surface area (Å²) in [5, 5.41) is 0. The van der Waals surface area contributed by atoms with E-state index in [4.69, 9.17) is 14.2 Å². The summed E-state index contributed by atoms with van der Waals surface area (Å²) in [6.45, 7) is 6.41. The fourth-order valence-corrected chi connectivity index (χ4v) is 6.53. The van der Waals surface area contributed by atoms with Gasteiger partial charge in [0.15, 0.2) is 6.10 Å². The molecule has 1 unspecified atom stereocenters. The zero-order valence-corrected chi connectivity index (χ0v) is 38.9. The topological polar surface area (TPSA) is 78.9 Å². The van der Waals surface area contributed by atoms with Gasteiger partial charge < -0.3 is 14.2 Å². The second-order valence-corrected chi connectivity index (χ2v) is 16.1. The summed E-state index contributed by atoms with van der Waals surface area (Å²) >= 11 is 0. The highest BCUT2D eigenvalue weighted by atomic mass is 16.6. The molecule has 0 aromatic heterocycles. The first kappa shape index (κ1) is 56.6. The van der Waals surface area contributed by atoms with E-state index < -0.39 is 6.10 Å². The lowest BCUT2D eigenvalue weighted by Crippen LogP contribution is -2.30. The Kier molecular flexibility index (Phi) is 45.5. The molecule has 0 aliphatic carbocycles. The van der Waals surface area contributed by atoms with E-state index in [9.17, 15) is 14.4 Å². The molecule has 0 fully saturated rings. The molecule has 0 aromatic carbocycles. The zero-order valence-electron chi connectivity index (χ0n) is 38.9. The largest absolute Gasteiger partial charge is 0.462 e. The normalized spacial score (nSPS) is 12.8. The van der Waals surface area contributed by atoms with Crippen LogP contribution >= 0.6 is 0 Å². The lowest BCUT2D eigenvalue weighted by atomic mass is 10.0. The van der Waals surface area contributed by atoms with E-state index in [0.717, 1.165) is 96.3 Å². The average molecular weight is 835 g/mol. The predicted molar refractivity (Wildman–Crippen MR) is 256 cm³/mol. The van der Waals surface area contributed by atoms with Crippen LogP contribution in [0.1, 0.15) is 220 Å². The van der Waals surface area contributed by atoms with Crippen LogP contribution < -0.4 is 0 Å². The summed E-state index contributed by atoms with van der Waals surface area (Å²) in [6, 6.07) is 0. The van der Waals surface area contributed by atoms with Gasteiger partial charge in [-0.15, -0.1) is 0 Å². The van der Waals surface area contributed by atoms with Gasteiger partial charge in [-0.25, -0.2) is 0 Å². The Morgan fingerprint density at radius 1 is 0.367 bits per heavy atom. The molecule has 0 spiro atoms. The minimum absolute atomic E-state index is 0.0991. The summed E-state index contributed by atoms with van der Waals surface area (Å²) < 4.78 is 16.7. The number of esters is 3. The van der Waals surface area contributed by atoms with Crippen LogP contribution in [0.5, 0.6) is 0 Å². The molecule has 6 nitrogen and oxygen atoms in total. The van der Waals surface area contributed by atoms with E-state index in [0.29, 0.717) is 19.3 Å². The standard InChI is InChI=1S/C54H90O6/c1-4-7-10-13-16-19-22-25-26-27-28-29-30-33-35-38-41-44-47-53(56)59-50-51(60-54(57)48-45-42-39-36-32-24-21-18-15-12-9-6-3)49-58-52(55)46-43-40-37-34-31-23-20-17-14-11-8-5-2/h9,12,16,18-19,21-22,25-29,32,36,51H,4-8,10-11,13-15,17,20,23-24,30-31,33-35,37-50H2,1-3H3/b12-9-,19-16-,21-18-,25-22-,27-26-,29-28-,36-32-. The predicted octanol–water partition coefficient (Wildman–Crippen LogP) is 16.0. The smallest absolute Gasteiger partial charge is 0.306 e. The maximum atomic E-state index is 12.7. The second kappa shape index (κ2) is 48.3. The van der Waals surface area contributed by atoms with Gasteiger partial charge in [-0.1, -0.05) is 209 Å².